The Labute approximate surface area is 148 Å². The number of ether oxygens (including phenoxy) is 1. The molecule has 3 nitrogen and oxygen atoms in total. The van der Waals surface area contributed by atoms with Crippen LogP contribution in [0.25, 0.3) is 11.3 Å². The highest BCUT2D eigenvalue weighted by molar-refractivity contribution is 6.09. The van der Waals surface area contributed by atoms with Crippen molar-refractivity contribution < 1.29 is 9.53 Å². The molecule has 0 saturated carbocycles. The van der Waals surface area contributed by atoms with Gasteiger partial charge < -0.3 is 4.74 Å². The molecule has 1 aromatic heterocycles. The molecule has 3 rings (SSSR count). The fraction of sp³-hybridized carbons (Fsp3) is 0.182. The first-order chi connectivity index (χ1) is 12.3. The molecule has 0 fully saturated rings. The molecule has 0 unspecified atom stereocenters. The van der Waals surface area contributed by atoms with Crippen LogP contribution in [0.1, 0.15) is 35.7 Å². The van der Waals surface area contributed by atoms with Crippen LogP contribution in [0.5, 0.6) is 5.75 Å². The molecule has 3 aromatic rings. The number of carbonyl (C=O) groups excluding carboxylic acids is 1. The number of hydrogen-bond donors (Lipinski definition) is 0. The maximum atomic E-state index is 12.7. The summed E-state index contributed by atoms with van der Waals surface area (Å²) in [5.74, 6) is 0.697. The number of pyridine rings is 1. The van der Waals surface area contributed by atoms with Gasteiger partial charge >= 0.3 is 0 Å². The van der Waals surface area contributed by atoms with Crippen LogP contribution in [0.15, 0.2) is 72.9 Å². The molecular weight excluding hydrogens is 310 g/mol. The lowest BCUT2D eigenvalue weighted by atomic mass is 10.00. The number of hydrogen-bond acceptors (Lipinski definition) is 3. The van der Waals surface area contributed by atoms with Gasteiger partial charge in [0.05, 0.1) is 12.3 Å². The zero-order chi connectivity index (χ0) is 17.5. The quantitative estimate of drug-likeness (QED) is 0.443. The molecule has 0 atom stereocenters. The van der Waals surface area contributed by atoms with Gasteiger partial charge in [-0.15, -0.1) is 0 Å². The van der Waals surface area contributed by atoms with Gasteiger partial charge in [0.2, 0.25) is 0 Å². The number of nitrogens with zero attached hydrogens (tertiary/aromatic N) is 1. The van der Waals surface area contributed by atoms with Crippen LogP contribution in [-0.2, 0) is 0 Å². The van der Waals surface area contributed by atoms with Crippen molar-refractivity contribution in [1.29, 1.82) is 0 Å². The monoisotopic (exact) mass is 331 g/mol. The Balaban J connectivity index is 1.96. The van der Waals surface area contributed by atoms with E-state index in [1.54, 1.807) is 6.20 Å². The van der Waals surface area contributed by atoms with E-state index in [1.807, 2.05) is 66.7 Å². The first-order valence-electron chi connectivity index (χ1n) is 8.57. The minimum atomic E-state index is -0.00601. The van der Waals surface area contributed by atoms with Crippen molar-refractivity contribution in [2.45, 2.75) is 19.8 Å². The van der Waals surface area contributed by atoms with Crippen LogP contribution in [0.4, 0.5) is 0 Å². The fourth-order valence-corrected chi connectivity index (χ4v) is 2.60. The second kappa shape index (κ2) is 8.25. The van der Waals surface area contributed by atoms with E-state index in [0.717, 1.165) is 24.1 Å². The van der Waals surface area contributed by atoms with E-state index in [9.17, 15) is 4.79 Å². The number of carbonyl (C=O) groups is 1. The summed E-state index contributed by atoms with van der Waals surface area (Å²) < 4.78 is 5.97. The zero-order valence-electron chi connectivity index (χ0n) is 14.3. The molecule has 126 valence electrons. The van der Waals surface area contributed by atoms with Crippen LogP contribution >= 0.6 is 0 Å². The Morgan fingerprint density at radius 2 is 1.76 bits per heavy atom. The predicted molar refractivity (Wildman–Crippen MR) is 100.0 cm³/mol. The lowest BCUT2D eigenvalue weighted by Gasteiger charge is -2.13. The van der Waals surface area contributed by atoms with Gasteiger partial charge in [0.25, 0.3) is 0 Å². The molecule has 0 saturated heterocycles. The summed E-state index contributed by atoms with van der Waals surface area (Å²) >= 11 is 0. The average Bonchev–Trinajstić information content (AvgIpc) is 2.69. The number of rotatable bonds is 7. The second-order valence-electron chi connectivity index (χ2n) is 5.82. The molecule has 0 bridgehead atoms. The van der Waals surface area contributed by atoms with Crippen molar-refractivity contribution in [2.75, 3.05) is 6.61 Å². The minimum absolute atomic E-state index is 0.00601. The summed E-state index contributed by atoms with van der Waals surface area (Å²) in [5.41, 5.74) is 3.04. The lowest BCUT2D eigenvalue weighted by molar-refractivity contribution is 0.103. The topological polar surface area (TPSA) is 39.2 Å². The van der Waals surface area contributed by atoms with E-state index in [1.165, 1.54) is 0 Å². The van der Waals surface area contributed by atoms with E-state index in [-0.39, 0.29) is 5.78 Å². The van der Waals surface area contributed by atoms with Crippen molar-refractivity contribution in [3.05, 3.63) is 84.1 Å². The van der Waals surface area contributed by atoms with Crippen LogP contribution in [-0.4, -0.2) is 17.4 Å². The summed E-state index contributed by atoms with van der Waals surface area (Å²) in [7, 11) is 0. The third kappa shape index (κ3) is 4.13. The molecule has 0 aliphatic heterocycles. The van der Waals surface area contributed by atoms with Crippen molar-refractivity contribution in [3.63, 3.8) is 0 Å². The van der Waals surface area contributed by atoms with Crippen LogP contribution in [0, 0.1) is 0 Å². The molecule has 0 spiro atoms. The fourth-order valence-electron chi connectivity index (χ4n) is 2.60. The van der Waals surface area contributed by atoms with Crippen molar-refractivity contribution in [2.24, 2.45) is 0 Å². The first-order valence-corrected chi connectivity index (χ1v) is 8.57. The smallest absolute Gasteiger partial charge is 0.193 e. The SMILES string of the molecule is CCCCOc1cc(C(=O)c2ccccc2)ccc1-c1ccccn1. The van der Waals surface area contributed by atoms with E-state index in [4.69, 9.17) is 4.74 Å². The van der Waals surface area contributed by atoms with Crippen LogP contribution in [0.2, 0.25) is 0 Å². The van der Waals surface area contributed by atoms with Gasteiger partial charge in [0.15, 0.2) is 5.78 Å². The minimum Gasteiger partial charge on any atom is -0.493 e. The molecule has 0 amide bonds. The summed E-state index contributed by atoms with van der Waals surface area (Å²) in [6.07, 6.45) is 3.79. The van der Waals surface area contributed by atoms with Gasteiger partial charge in [-0.05, 0) is 30.7 Å². The lowest BCUT2D eigenvalue weighted by Crippen LogP contribution is -2.04. The van der Waals surface area contributed by atoms with E-state index in [2.05, 4.69) is 11.9 Å². The van der Waals surface area contributed by atoms with Gasteiger partial charge in [-0.3, -0.25) is 9.78 Å². The maximum absolute atomic E-state index is 12.7. The molecule has 0 N–H and O–H groups in total. The molecular formula is C22H21NO2. The molecule has 3 heteroatoms. The summed E-state index contributed by atoms with van der Waals surface area (Å²) in [6.45, 7) is 2.75. The van der Waals surface area contributed by atoms with E-state index < -0.39 is 0 Å². The normalized spacial score (nSPS) is 10.4. The number of unbranched alkanes of at least 4 members (excludes halogenated alkanes) is 1. The summed E-state index contributed by atoms with van der Waals surface area (Å²) in [5, 5.41) is 0. The second-order valence-corrected chi connectivity index (χ2v) is 5.82. The number of aromatic nitrogens is 1. The average molecular weight is 331 g/mol. The number of ketones is 1. The van der Waals surface area contributed by atoms with E-state index in [0.29, 0.717) is 23.5 Å². The van der Waals surface area contributed by atoms with Gasteiger partial charge in [-0.2, -0.15) is 0 Å². The Hall–Kier alpha value is -2.94. The molecule has 0 aliphatic rings. The Bertz CT molecular complexity index is 829. The Morgan fingerprint density at radius 1 is 0.960 bits per heavy atom. The van der Waals surface area contributed by atoms with Gasteiger partial charge in [-0.1, -0.05) is 55.8 Å². The van der Waals surface area contributed by atoms with Gasteiger partial charge in [-0.25, -0.2) is 0 Å². The van der Waals surface area contributed by atoms with Crippen LogP contribution in [0.3, 0.4) is 0 Å². The van der Waals surface area contributed by atoms with Crippen molar-refractivity contribution >= 4 is 5.78 Å². The molecule has 1 heterocycles. The van der Waals surface area contributed by atoms with Crippen molar-refractivity contribution in [3.8, 4) is 17.0 Å². The first kappa shape index (κ1) is 16.9. The zero-order valence-corrected chi connectivity index (χ0v) is 14.3. The molecule has 0 radical (unpaired) electrons. The standard InChI is InChI=1S/C22H21NO2/c1-2-3-15-25-21-16-18(22(24)17-9-5-4-6-10-17)12-13-19(21)20-11-7-8-14-23-20/h4-14,16H,2-3,15H2,1H3. The Morgan fingerprint density at radius 3 is 2.48 bits per heavy atom. The largest absolute Gasteiger partial charge is 0.493 e. The van der Waals surface area contributed by atoms with Crippen molar-refractivity contribution in [1.82, 2.24) is 4.98 Å². The van der Waals surface area contributed by atoms with E-state index >= 15 is 0 Å². The highest BCUT2D eigenvalue weighted by Crippen LogP contribution is 2.30. The van der Waals surface area contributed by atoms with Gasteiger partial charge in [0.1, 0.15) is 5.75 Å². The summed E-state index contributed by atoms with van der Waals surface area (Å²) in [6, 6.07) is 20.7. The summed E-state index contributed by atoms with van der Waals surface area (Å²) in [4.78, 5) is 17.1. The third-order valence-corrected chi connectivity index (χ3v) is 3.98. The molecule has 2 aromatic carbocycles. The molecule has 0 aliphatic carbocycles. The van der Waals surface area contributed by atoms with Gasteiger partial charge in [0, 0.05) is 22.9 Å². The van der Waals surface area contributed by atoms with Crippen LogP contribution < -0.4 is 4.74 Å². The number of benzene rings is 2. The molecule has 25 heavy (non-hydrogen) atoms. The maximum Gasteiger partial charge on any atom is 0.193 e. The highest BCUT2D eigenvalue weighted by atomic mass is 16.5. The third-order valence-electron chi connectivity index (χ3n) is 3.98. The predicted octanol–water partition coefficient (Wildman–Crippen LogP) is 5.16. The highest BCUT2D eigenvalue weighted by Gasteiger charge is 2.14. The Kier molecular flexibility index (Phi) is 5.57.